The van der Waals surface area contributed by atoms with Crippen molar-refractivity contribution in [1.29, 1.82) is 0 Å². The van der Waals surface area contributed by atoms with Crippen LogP contribution in [-0.2, 0) is 19.6 Å². The lowest BCUT2D eigenvalue weighted by molar-refractivity contribution is -0.119. The van der Waals surface area contributed by atoms with E-state index < -0.39 is 21.8 Å². The summed E-state index contributed by atoms with van der Waals surface area (Å²) in [6, 6.07) is 14.4. The van der Waals surface area contributed by atoms with Crippen LogP contribution in [0, 0.1) is 0 Å². The van der Waals surface area contributed by atoms with Crippen molar-refractivity contribution in [3.8, 4) is 0 Å². The Morgan fingerprint density at radius 2 is 1.52 bits per heavy atom. The van der Waals surface area contributed by atoms with Gasteiger partial charge >= 0.3 is 0 Å². The van der Waals surface area contributed by atoms with E-state index in [0.29, 0.717) is 21.7 Å². The van der Waals surface area contributed by atoms with E-state index >= 15 is 0 Å². The molecule has 27 heavy (non-hydrogen) atoms. The summed E-state index contributed by atoms with van der Waals surface area (Å²) < 4.78 is 22.8. The third-order valence-electron chi connectivity index (χ3n) is 3.88. The van der Waals surface area contributed by atoms with E-state index in [0.717, 1.165) is 4.90 Å². The number of amides is 2. The van der Waals surface area contributed by atoms with Gasteiger partial charge in [-0.1, -0.05) is 44.2 Å². The molecular weight excluding hydrogens is 384 g/mol. The number of nitrogens with two attached hydrogens (primary N) is 1. The Labute approximate surface area is 162 Å². The van der Waals surface area contributed by atoms with Crippen molar-refractivity contribution in [3.63, 3.8) is 0 Å². The molecule has 6 nitrogen and oxygen atoms in total. The Balaban J connectivity index is 2.06. The fraction of sp³-hybridized carbons (Fsp3) is 0.158. The smallest absolute Gasteiger partial charge is 0.268 e. The maximum absolute atomic E-state index is 13.1. The van der Waals surface area contributed by atoms with Gasteiger partial charge in [-0.2, -0.15) is 0 Å². The van der Waals surface area contributed by atoms with Crippen molar-refractivity contribution < 1.29 is 18.0 Å². The van der Waals surface area contributed by atoms with Gasteiger partial charge in [0.15, 0.2) is 0 Å². The zero-order chi connectivity index (χ0) is 19.8. The van der Waals surface area contributed by atoms with Crippen LogP contribution in [0.15, 0.2) is 64.4 Å². The quantitative estimate of drug-likeness (QED) is 0.776. The molecule has 0 radical (unpaired) electrons. The predicted octanol–water partition coefficient (Wildman–Crippen LogP) is 2.76. The second kappa shape index (κ2) is 7.30. The predicted molar refractivity (Wildman–Crippen MR) is 106 cm³/mol. The van der Waals surface area contributed by atoms with Crippen LogP contribution >= 0.6 is 11.8 Å². The molecule has 3 rings (SSSR count). The van der Waals surface area contributed by atoms with Crippen molar-refractivity contribution in [2.75, 3.05) is 4.90 Å². The minimum absolute atomic E-state index is 0.0848. The number of thioether (sulfide) groups is 1. The van der Waals surface area contributed by atoms with Crippen molar-refractivity contribution >= 4 is 44.9 Å². The van der Waals surface area contributed by atoms with Gasteiger partial charge in [-0.15, -0.1) is 11.8 Å². The normalized spacial score (nSPS) is 15.2. The zero-order valence-electron chi connectivity index (χ0n) is 14.7. The van der Waals surface area contributed by atoms with E-state index in [1.807, 2.05) is 19.9 Å². The molecule has 0 unspecified atom stereocenters. The van der Waals surface area contributed by atoms with Crippen LogP contribution in [0.25, 0.3) is 5.57 Å². The van der Waals surface area contributed by atoms with Gasteiger partial charge < -0.3 is 0 Å². The van der Waals surface area contributed by atoms with Crippen molar-refractivity contribution in [2.45, 2.75) is 24.0 Å². The summed E-state index contributed by atoms with van der Waals surface area (Å²) in [5, 5.41) is 5.21. The van der Waals surface area contributed by atoms with Crippen molar-refractivity contribution in [2.24, 2.45) is 5.14 Å². The molecule has 0 bridgehead atoms. The first-order valence-electron chi connectivity index (χ1n) is 8.18. The lowest BCUT2D eigenvalue weighted by Gasteiger charge is -2.15. The van der Waals surface area contributed by atoms with Gasteiger partial charge in [0.25, 0.3) is 11.8 Å². The standard InChI is InChI=1S/C19H18N2O4S2/c1-12(2)26-17-16(13-6-4-3-5-7-13)18(22)21(19(17)23)14-8-10-15(11-9-14)27(20,24)25/h3-12H,1-2H3,(H2,20,24,25). The summed E-state index contributed by atoms with van der Waals surface area (Å²) in [5.74, 6) is -0.849. The number of sulfonamides is 1. The van der Waals surface area contributed by atoms with Crippen LogP contribution in [0.1, 0.15) is 19.4 Å². The summed E-state index contributed by atoms with van der Waals surface area (Å²) in [6.45, 7) is 3.89. The minimum Gasteiger partial charge on any atom is -0.268 e. The van der Waals surface area contributed by atoms with Crippen LogP contribution in [0.4, 0.5) is 5.69 Å². The van der Waals surface area contributed by atoms with E-state index in [1.54, 1.807) is 24.3 Å². The zero-order valence-corrected chi connectivity index (χ0v) is 16.4. The Morgan fingerprint density at radius 1 is 0.926 bits per heavy atom. The molecule has 140 valence electrons. The summed E-state index contributed by atoms with van der Waals surface area (Å²) in [4.78, 5) is 27.5. The Kier molecular flexibility index (Phi) is 5.23. The summed E-state index contributed by atoms with van der Waals surface area (Å²) >= 11 is 1.33. The largest absolute Gasteiger partial charge is 0.272 e. The van der Waals surface area contributed by atoms with Crippen LogP contribution in [-0.4, -0.2) is 25.5 Å². The highest BCUT2D eigenvalue weighted by Crippen LogP contribution is 2.39. The first-order chi connectivity index (χ1) is 12.7. The Hall–Kier alpha value is -2.42. The van der Waals surface area contributed by atoms with E-state index in [4.69, 9.17) is 5.14 Å². The molecule has 0 spiro atoms. The number of nitrogens with zero attached hydrogens (tertiary/aromatic N) is 1. The van der Waals surface area contributed by atoms with Crippen molar-refractivity contribution in [3.05, 3.63) is 65.1 Å². The van der Waals surface area contributed by atoms with Gasteiger partial charge in [-0.25, -0.2) is 18.5 Å². The third kappa shape index (κ3) is 3.83. The number of hydrogen-bond acceptors (Lipinski definition) is 5. The molecule has 8 heteroatoms. The number of rotatable bonds is 5. The topological polar surface area (TPSA) is 97.5 Å². The highest BCUT2D eigenvalue weighted by Gasteiger charge is 2.40. The molecule has 0 atom stereocenters. The van der Waals surface area contributed by atoms with Crippen LogP contribution < -0.4 is 10.0 Å². The molecule has 0 aliphatic carbocycles. The first-order valence-corrected chi connectivity index (χ1v) is 10.6. The highest BCUT2D eigenvalue weighted by molar-refractivity contribution is 8.04. The fourth-order valence-electron chi connectivity index (χ4n) is 2.73. The van der Waals surface area contributed by atoms with E-state index in [2.05, 4.69) is 0 Å². The summed E-state index contributed by atoms with van der Waals surface area (Å²) in [5.41, 5.74) is 1.32. The monoisotopic (exact) mass is 402 g/mol. The molecule has 2 N–H and O–H groups in total. The van der Waals surface area contributed by atoms with E-state index in [-0.39, 0.29) is 10.1 Å². The molecule has 0 saturated carbocycles. The molecule has 0 fully saturated rings. The number of carbonyl (C=O) groups excluding carboxylic acids is 2. The molecule has 1 aliphatic heterocycles. The molecule has 0 saturated heterocycles. The number of primary sulfonamides is 1. The lowest BCUT2D eigenvalue weighted by atomic mass is 10.1. The molecule has 1 heterocycles. The van der Waals surface area contributed by atoms with Crippen LogP contribution in [0.2, 0.25) is 0 Å². The first kappa shape index (κ1) is 19.3. The van der Waals surface area contributed by atoms with Crippen molar-refractivity contribution in [1.82, 2.24) is 0 Å². The van der Waals surface area contributed by atoms with Gasteiger partial charge in [0.1, 0.15) is 0 Å². The van der Waals surface area contributed by atoms with Crippen LogP contribution in [0.3, 0.4) is 0 Å². The van der Waals surface area contributed by atoms with Gasteiger partial charge in [-0.05, 0) is 29.8 Å². The number of carbonyl (C=O) groups is 2. The third-order valence-corrected chi connectivity index (χ3v) is 5.90. The minimum atomic E-state index is -3.85. The molecule has 1 aliphatic rings. The lowest BCUT2D eigenvalue weighted by Crippen LogP contribution is -2.31. The average Bonchev–Trinajstić information content (AvgIpc) is 2.85. The Morgan fingerprint density at radius 3 is 2.04 bits per heavy atom. The van der Waals surface area contributed by atoms with Gasteiger partial charge in [0.2, 0.25) is 10.0 Å². The number of imide groups is 1. The second-order valence-corrected chi connectivity index (χ2v) is 9.37. The highest BCUT2D eigenvalue weighted by atomic mass is 32.2. The summed E-state index contributed by atoms with van der Waals surface area (Å²) in [6.07, 6.45) is 0. The number of anilines is 1. The fourth-order valence-corrected chi connectivity index (χ4v) is 4.24. The molecular formula is C19H18N2O4S2. The molecule has 2 amide bonds. The van der Waals surface area contributed by atoms with E-state index in [9.17, 15) is 18.0 Å². The average molecular weight is 402 g/mol. The SMILES string of the molecule is CC(C)SC1=C(c2ccccc2)C(=O)N(c2ccc(S(N)(=O)=O)cc2)C1=O. The van der Waals surface area contributed by atoms with Gasteiger partial charge in [0, 0.05) is 5.25 Å². The van der Waals surface area contributed by atoms with Gasteiger partial charge in [0.05, 0.1) is 21.1 Å². The maximum atomic E-state index is 13.1. The summed E-state index contributed by atoms with van der Waals surface area (Å²) in [7, 11) is -3.85. The maximum Gasteiger partial charge on any atom is 0.272 e. The second-order valence-electron chi connectivity index (χ2n) is 6.22. The number of benzene rings is 2. The molecule has 2 aromatic carbocycles. The van der Waals surface area contributed by atoms with Gasteiger partial charge in [-0.3, -0.25) is 9.59 Å². The molecule has 2 aromatic rings. The Bertz CT molecular complexity index is 1030. The number of hydrogen-bond donors (Lipinski definition) is 1. The van der Waals surface area contributed by atoms with Crippen LogP contribution in [0.5, 0.6) is 0 Å². The van der Waals surface area contributed by atoms with E-state index in [1.165, 1.54) is 36.0 Å². The molecule has 0 aromatic heterocycles.